The molecule has 0 aliphatic rings. The Bertz CT molecular complexity index is 598. The molecule has 0 aliphatic heterocycles. The molecule has 0 amide bonds. The highest BCUT2D eigenvalue weighted by molar-refractivity contribution is 5.79. The number of rotatable bonds is 8. The third-order valence-corrected chi connectivity index (χ3v) is 3.06. The highest BCUT2D eigenvalue weighted by Gasteiger charge is 2.02. The summed E-state index contributed by atoms with van der Waals surface area (Å²) in [4.78, 5) is 8.34. The summed E-state index contributed by atoms with van der Waals surface area (Å²) in [5.41, 5.74) is 0. The number of aromatic nitrogens is 2. The molecule has 0 fully saturated rings. The van der Waals surface area contributed by atoms with E-state index in [1.54, 1.807) is 7.05 Å². The van der Waals surface area contributed by atoms with Gasteiger partial charge in [0.15, 0.2) is 11.8 Å². The zero-order valence-electron chi connectivity index (χ0n) is 13.6. The van der Waals surface area contributed by atoms with Crippen LogP contribution < -0.4 is 15.4 Å². The molecule has 0 atom stereocenters. The Kier molecular flexibility index (Phi) is 6.90. The van der Waals surface area contributed by atoms with Gasteiger partial charge in [0.2, 0.25) is 5.89 Å². The van der Waals surface area contributed by atoms with E-state index in [2.05, 4.69) is 25.8 Å². The van der Waals surface area contributed by atoms with Crippen molar-refractivity contribution in [3.05, 3.63) is 42.0 Å². The van der Waals surface area contributed by atoms with Crippen molar-refractivity contribution in [1.29, 1.82) is 0 Å². The Labute approximate surface area is 136 Å². The Morgan fingerprint density at radius 2 is 2.00 bits per heavy atom. The number of nitrogens with one attached hydrogen (secondary N) is 2. The van der Waals surface area contributed by atoms with Crippen molar-refractivity contribution in [3.63, 3.8) is 0 Å². The van der Waals surface area contributed by atoms with Gasteiger partial charge in [-0.2, -0.15) is 4.98 Å². The lowest BCUT2D eigenvalue weighted by molar-refractivity contribution is 0.322. The minimum absolute atomic E-state index is 0.575. The summed E-state index contributed by atoms with van der Waals surface area (Å²) in [6, 6.07) is 9.74. The molecule has 2 N–H and O–H groups in total. The van der Waals surface area contributed by atoms with Gasteiger partial charge < -0.3 is 19.9 Å². The molecule has 0 unspecified atom stereocenters. The summed E-state index contributed by atoms with van der Waals surface area (Å²) < 4.78 is 10.7. The van der Waals surface area contributed by atoms with Crippen molar-refractivity contribution < 1.29 is 9.26 Å². The van der Waals surface area contributed by atoms with Gasteiger partial charge >= 0.3 is 0 Å². The molecule has 1 heterocycles. The third-order valence-electron chi connectivity index (χ3n) is 3.06. The van der Waals surface area contributed by atoms with E-state index in [9.17, 15) is 0 Å². The number of aliphatic imine (C=N–C) groups is 1. The van der Waals surface area contributed by atoms with Crippen LogP contribution in [0.2, 0.25) is 0 Å². The molecule has 0 bridgehead atoms. The van der Waals surface area contributed by atoms with Crippen LogP contribution in [0.3, 0.4) is 0 Å². The summed E-state index contributed by atoms with van der Waals surface area (Å²) in [5, 5.41) is 10.2. The lowest BCUT2D eigenvalue weighted by atomic mass is 10.3. The molecular weight excluding hydrogens is 294 g/mol. The Morgan fingerprint density at radius 1 is 1.22 bits per heavy atom. The van der Waals surface area contributed by atoms with Gasteiger partial charge in [0.05, 0.1) is 6.54 Å². The average molecular weight is 317 g/mol. The smallest absolute Gasteiger partial charge is 0.226 e. The summed E-state index contributed by atoms with van der Waals surface area (Å²) in [5.74, 6) is 2.96. The topological polar surface area (TPSA) is 84.6 Å². The van der Waals surface area contributed by atoms with Gasteiger partial charge in [0, 0.05) is 20.0 Å². The number of aryl methyl sites for hydroxylation is 2. The van der Waals surface area contributed by atoms with Gasteiger partial charge in [-0.1, -0.05) is 23.4 Å². The van der Waals surface area contributed by atoms with Crippen LogP contribution in [0.15, 0.2) is 39.8 Å². The van der Waals surface area contributed by atoms with Crippen LogP contribution in [0.5, 0.6) is 5.75 Å². The first-order valence-corrected chi connectivity index (χ1v) is 7.69. The van der Waals surface area contributed by atoms with Crippen molar-refractivity contribution in [2.75, 3.05) is 26.7 Å². The summed E-state index contributed by atoms with van der Waals surface area (Å²) in [6.07, 6.45) is 1.64. The number of hydrogen-bond acceptors (Lipinski definition) is 5. The summed E-state index contributed by atoms with van der Waals surface area (Å²) in [6.45, 7) is 3.85. The maximum Gasteiger partial charge on any atom is 0.226 e. The number of benzene rings is 1. The Hall–Kier alpha value is -2.57. The van der Waals surface area contributed by atoms with E-state index in [-0.39, 0.29) is 0 Å². The quantitative estimate of drug-likeness (QED) is 0.437. The molecule has 7 heteroatoms. The number of ether oxygens (including phenoxy) is 1. The van der Waals surface area contributed by atoms with Crippen molar-refractivity contribution >= 4 is 5.96 Å². The van der Waals surface area contributed by atoms with Crippen LogP contribution in [0.1, 0.15) is 18.1 Å². The minimum atomic E-state index is 0.575. The maximum atomic E-state index is 5.61. The number of nitrogens with zero attached hydrogens (tertiary/aromatic N) is 3. The molecule has 1 aromatic carbocycles. The fourth-order valence-corrected chi connectivity index (χ4v) is 1.96. The molecule has 124 valence electrons. The number of guanidine groups is 1. The molecule has 0 saturated carbocycles. The predicted octanol–water partition coefficient (Wildman–Crippen LogP) is 1.55. The molecule has 1 aromatic heterocycles. The minimum Gasteiger partial charge on any atom is -0.492 e. The van der Waals surface area contributed by atoms with Gasteiger partial charge in [-0.25, -0.2) is 0 Å². The van der Waals surface area contributed by atoms with E-state index in [4.69, 9.17) is 9.26 Å². The van der Waals surface area contributed by atoms with Crippen molar-refractivity contribution in [2.45, 2.75) is 19.8 Å². The summed E-state index contributed by atoms with van der Waals surface area (Å²) >= 11 is 0. The fourth-order valence-electron chi connectivity index (χ4n) is 1.96. The van der Waals surface area contributed by atoms with Crippen LogP contribution in [0.4, 0.5) is 0 Å². The number of hydrogen-bond donors (Lipinski definition) is 2. The Morgan fingerprint density at radius 3 is 2.70 bits per heavy atom. The first-order chi connectivity index (χ1) is 11.3. The molecule has 2 aromatic rings. The standard InChI is InChI=1S/C16H23N5O2/c1-13-20-15(23-21-13)9-6-10-18-16(17-2)19-11-12-22-14-7-4-3-5-8-14/h3-5,7-8H,6,9-12H2,1-2H3,(H2,17,18,19). The van der Waals surface area contributed by atoms with Gasteiger partial charge in [-0.05, 0) is 25.5 Å². The lowest BCUT2D eigenvalue weighted by Crippen LogP contribution is -2.39. The first kappa shape index (κ1) is 16.8. The lowest BCUT2D eigenvalue weighted by Gasteiger charge is -2.12. The maximum absolute atomic E-state index is 5.61. The van der Waals surface area contributed by atoms with Gasteiger partial charge in [0.25, 0.3) is 0 Å². The second-order valence-electron chi connectivity index (χ2n) is 4.93. The van der Waals surface area contributed by atoms with Gasteiger partial charge in [-0.15, -0.1) is 0 Å². The van der Waals surface area contributed by atoms with Crippen molar-refractivity contribution in [3.8, 4) is 5.75 Å². The molecule has 2 rings (SSSR count). The summed E-state index contributed by atoms with van der Waals surface area (Å²) in [7, 11) is 1.74. The highest BCUT2D eigenvalue weighted by Crippen LogP contribution is 2.07. The molecule has 23 heavy (non-hydrogen) atoms. The van der Waals surface area contributed by atoms with E-state index < -0.39 is 0 Å². The van der Waals surface area contributed by atoms with Crippen LogP contribution in [0, 0.1) is 6.92 Å². The second-order valence-corrected chi connectivity index (χ2v) is 4.93. The van der Waals surface area contributed by atoms with E-state index in [1.807, 2.05) is 37.3 Å². The monoisotopic (exact) mass is 317 g/mol. The van der Waals surface area contributed by atoms with E-state index >= 15 is 0 Å². The second kappa shape index (κ2) is 9.45. The molecule has 0 spiro atoms. The Balaban J connectivity index is 1.56. The normalized spacial score (nSPS) is 11.3. The zero-order chi connectivity index (χ0) is 16.3. The van der Waals surface area contributed by atoms with Crippen LogP contribution in [0.25, 0.3) is 0 Å². The third kappa shape index (κ3) is 6.37. The SMILES string of the molecule is CN=C(NCCCc1nc(C)no1)NCCOc1ccccc1. The highest BCUT2D eigenvalue weighted by atomic mass is 16.5. The van der Waals surface area contributed by atoms with Crippen LogP contribution in [-0.2, 0) is 6.42 Å². The average Bonchev–Trinajstić information content (AvgIpc) is 2.99. The zero-order valence-corrected chi connectivity index (χ0v) is 13.6. The largest absolute Gasteiger partial charge is 0.492 e. The van der Waals surface area contributed by atoms with E-state index in [0.29, 0.717) is 24.9 Å². The predicted molar refractivity (Wildman–Crippen MR) is 88.7 cm³/mol. The van der Waals surface area contributed by atoms with Gasteiger partial charge in [0.1, 0.15) is 12.4 Å². The van der Waals surface area contributed by atoms with E-state index in [1.165, 1.54) is 0 Å². The molecule has 0 saturated heterocycles. The molecule has 7 nitrogen and oxygen atoms in total. The molecule has 0 aliphatic carbocycles. The van der Waals surface area contributed by atoms with Crippen molar-refractivity contribution in [1.82, 2.24) is 20.8 Å². The first-order valence-electron chi connectivity index (χ1n) is 7.69. The molecular formula is C16H23N5O2. The molecule has 0 radical (unpaired) electrons. The number of para-hydroxylation sites is 1. The van der Waals surface area contributed by atoms with Crippen LogP contribution in [-0.4, -0.2) is 42.8 Å². The van der Waals surface area contributed by atoms with Crippen molar-refractivity contribution in [2.24, 2.45) is 4.99 Å². The van der Waals surface area contributed by atoms with Crippen LogP contribution >= 0.6 is 0 Å². The van der Waals surface area contributed by atoms with Gasteiger partial charge in [-0.3, -0.25) is 4.99 Å². The fraction of sp³-hybridized carbons (Fsp3) is 0.438. The van der Waals surface area contributed by atoms with E-state index in [0.717, 1.165) is 31.1 Å².